The lowest BCUT2D eigenvalue weighted by Crippen LogP contribution is -2.24. The van der Waals surface area contributed by atoms with Crippen LogP contribution in [0.4, 0.5) is 0 Å². The molecule has 1 unspecified atom stereocenters. The van der Waals surface area contributed by atoms with Crippen molar-refractivity contribution in [1.29, 1.82) is 0 Å². The number of carbonyl (C=O) groups excluding carboxylic acids is 1. The predicted molar refractivity (Wildman–Crippen MR) is 60.6 cm³/mol. The third-order valence-corrected chi connectivity index (χ3v) is 2.21. The standard InChI is InChI=1S/C12H17NO3/c13-11(10-6-2-1-3-7-10)12(15)16-9-5-4-8-14/h1-3,6-7,11,14H,4-5,8-9,13H2. The van der Waals surface area contributed by atoms with Crippen LogP contribution in [0.25, 0.3) is 0 Å². The predicted octanol–water partition coefficient (Wildman–Crippen LogP) is 1.00. The molecule has 0 saturated heterocycles. The highest BCUT2D eigenvalue weighted by Crippen LogP contribution is 2.11. The van der Waals surface area contributed by atoms with Gasteiger partial charge in [-0.15, -0.1) is 0 Å². The Morgan fingerprint density at radius 1 is 1.31 bits per heavy atom. The van der Waals surface area contributed by atoms with Crippen LogP contribution in [0.1, 0.15) is 24.4 Å². The van der Waals surface area contributed by atoms with Gasteiger partial charge >= 0.3 is 5.97 Å². The number of hydrogen-bond donors (Lipinski definition) is 2. The Morgan fingerprint density at radius 2 is 2.00 bits per heavy atom. The van der Waals surface area contributed by atoms with Crippen LogP contribution in [-0.2, 0) is 9.53 Å². The quantitative estimate of drug-likeness (QED) is 0.557. The van der Waals surface area contributed by atoms with Crippen molar-refractivity contribution in [2.45, 2.75) is 18.9 Å². The minimum absolute atomic E-state index is 0.113. The van der Waals surface area contributed by atoms with Gasteiger partial charge < -0.3 is 15.6 Å². The lowest BCUT2D eigenvalue weighted by atomic mass is 10.1. The molecule has 0 amide bonds. The van der Waals surface area contributed by atoms with Crippen molar-refractivity contribution >= 4 is 5.97 Å². The van der Waals surface area contributed by atoms with Gasteiger partial charge in [0.1, 0.15) is 6.04 Å². The molecule has 0 saturated carbocycles. The number of rotatable bonds is 6. The number of aliphatic hydroxyl groups is 1. The zero-order valence-electron chi connectivity index (χ0n) is 9.13. The molecule has 0 aromatic heterocycles. The molecule has 4 heteroatoms. The lowest BCUT2D eigenvalue weighted by Gasteiger charge is -2.11. The Bertz CT molecular complexity index is 313. The highest BCUT2D eigenvalue weighted by molar-refractivity contribution is 5.77. The van der Waals surface area contributed by atoms with Crippen molar-refractivity contribution in [1.82, 2.24) is 0 Å². The zero-order valence-corrected chi connectivity index (χ0v) is 9.13. The van der Waals surface area contributed by atoms with Crippen LogP contribution in [0.5, 0.6) is 0 Å². The van der Waals surface area contributed by atoms with Gasteiger partial charge in [-0.3, -0.25) is 0 Å². The normalized spacial score (nSPS) is 12.1. The summed E-state index contributed by atoms with van der Waals surface area (Å²) in [7, 11) is 0. The van der Waals surface area contributed by atoms with E-state index in [1.165, 1.54) is 0 Å². The largest absolute Gasteiger partial charge is 0.464 e. The summed E-state index contributed by atoms with van der Waals surface area (Å²) in [5.74, 6) is -0.427. The average molecular weight is 223 g/mol. The third kappa shape index (κ3) is 4.00. The lowest BCUT2D eigenvalue weighted by molar-refractivity contribution is -0.145. The van der Waals surface area contributed by atoms with Gasteiger partial charge in [-0.2, -0.15) is 0 Å². The molecule has 3 N–H and O–H groups in total. The Labute approximate surface area is 95.0 Å². The van der Waals surface area contributed by atoms with Crippen molar-refractivity contribution in [3.05, 3.63) is 35.9 Å². The van der Waals surface area contributed by atoms with E-state index in [0.29, 0.717) is 19.4 Å². The van der Waals surface area contributed by atoms with Crippen molar-refractivity contribution < 1.29 is 14.6 Å². The Balaban J connectivity index is 2.37. The summed E-state index contributed by atoms with van der Waals surface area (Å²) >= 11 is 0. The molecular formula is C12H17NO3. The molecule has 0 aliphatic carbocycles. The highest BCUT2D eigenvalue weighted by Gasteiger charge is 2.16. The molecule has 1 aromatic rings. The number of nitrogens with two attached hydrogens (primary N) is 1. The first-order valence-corrected chi connectivity index (χ1v) is 5.33. The maximum Gasteiger partial charge on any atom is 0.327 e. The van der Waals surface area contributed by atoms with Crippen LogP contribution in [0.3, 0.4) is 0 Å². The maximum atomic E-state index is 11.5. The van der Waals surface area contributed by atoms with E-state index in [1.807, 2.05) is 18.2 Å². The van der Waals surface area contributed by atoms with Crippen molar-refractivity contribution in [3.8, 4) is 0 Å². The van der Waals surface area contributed by atoms with E-state index >= 15 is 0 Å². The van der Waals surface area contributed by atoms with Gasteiger partial charge in [0.05, 0.1) is 6.61 Å². The van der Waals surface area contributed by atoms with Crippen LogP contribution < -0.4 is 5.73 Å². The average Bonchev–Trinajstić information content (AvgIpc) is 2.34. The molecule has 0 aliphatic rings. The SMILES string of the molecule is NC(C(=O)OCCCCO)c1ccccc1. The molecule has 1 aromatic carbocycles. The van der Waals surface area contributed by atoms with E-state index in [1.54, 1.807) is 12.1 Å². The summed E-state index contributed by atoms with van der Waals surface area (Å²) in [4.78, 5) is 11.5. The van der Waals surface area contributed by atoms with Crippen LogP contribution >= 0.6 is 0 Å². The summed E-state index contributed by atoms with van der Waals surface area (Å²) in [5, 5.41) is 8.55. The minimum atomic E-state index is -0.727. The molecule has 0 spiro atoms. The maximum absolute atomic E-state index is 11.5. The highest BCUT2D eigenvalue weighted by atomic mass is 16.5. The number of benzene rings is 1. The smallest absolute Gasteiger partial charge is 0.327 e. The van der Waals surface area contributed by atoms with E-state index in [4.69, 9.17) is 15.6 Å². The van der Waals surface area contributed by atoms with Gasteiger partial charge in [-0.05, 0) is 18.4 Å². The Kier molecular flexibility index (Phi) is 5.53. The van der Waals surface area contributed by atoms with Gasteiger partial charge in [-0.1, -0.05) is 30.3 Å². The number of carbonyl (C=O) groups is 1. The fraction of sp³-hybridized carbons (Fsp3) is 0.417. The van der Waals surface area contributed by atoms with Crippen LogP contribution in [-0.4, -0.2) is 24.3 Å². The second-order valence-electron chi connectivity index (χ2n) is 3.49. The van der Waals surface area contributed by atoms with Crippen molar-refractivity contribution in [3.63, 3.8) is 0 Å². The number of hydrogen-bond acceptors (Lipinski definition) is 4. The first kappa shape index (κ1) is 12.7. The van der Waals surface area contributed by atoms with Gasteiger partial charge in [0.2, 0.25) is 0 Å². The zero-order chi connectivity index (χ0) is 11.8. The second-order valence-corrected chi connectivity index (χ2v) is 3.49. The summed E-state index contributed by atoms with van der Waals surface area (Å²) in [6.45, 7) is 0.419. The van der Waals surface area contributed by atoms with E-state index in [0.717, 1.165) is 5.56 Å². The topological polar surface area (TPSA) is 72.6 Å². The van der Waals surface area contributed by atoms with E-state index in [-0.39, 0.29) is 6.61 Å². The molecule has 0 aliphatic heterocycles. The van der Waals surface area contributed by atoms with Gasteiger partial charge in [0.15, 0.2) is 0 Å². The molecule has 16 heavy (non-hydrogen) atoms. The molecule has 0 heterocycles. The number of unbranched alkanes of at least 4 members (excludes halogenated alkanes) is 1. The first-order chi connectivity index (χ1) is 7.75. The molecule has 0 fully saturated rings. The molecule has 1 atom stereocenters. The summed E-state index contributed by atoms with van der Waals surface area (Å²) < 4.78 is 4.99. The molecular weight excluding hydrogens is 206 g/mol. The van der Waals surface area contributed by atoms with Gasteiger partial charge in [0, 0.05) is 6.61 Å². The fourth-order valence-corrected chi connectivity index (χ4v) is 1.27. The van der Waals surface area contributed by atoms with Gasteiger partial charge in [-0.25, -0.2) is 4.79 Å². The number of aliphatic hydroxyl groups excluding tert-OH is 1. The first-order valence-electron chi connectivity index (χ1n) is 5.33. The van der Waals surface area contributed by atoms with E-state index < -0.39 is 12.0 Å². The van der Waals surface area contributed by atoms with Crippen molar-refractivity contribution in [2.24, 2.45) is 5.73 Å². The monoisotopic (exact) mass is 223 g/mol. The fourth-order valence-electron chi connectivity index (χ4n) is 1.27. The third-order valence-electron chi connectivity index (χ3n) is 2.21. The summed E-state index contributed by atoms with van der Waals surface area (Å²) in [5.41, 5.74) is 6.47. The molecule has 0 radical (unpaired) electrons. The Hall–Kier alpha value is -1.39. The van der Waals surface area contributed by atoms with E-state index in [2.05, 4.69) is 0 Å². The second kappa shape index (κ2) is 6.98. The molecule has 4 nitrogen and oxygen atoms in total. The Morgan fingerprint density at radius 3 is 2.62 bits per heavy atom. The minimum Gasteiger partial charge on any atom is -0.464 e. The van der Waals surface area contributed by atoms with Crippen LogP contribution in [0, 0.1) is 0 Å². The van der Waals surface area contributed by atoms with E-state index in [9.17, 15) is 4.79 Å². The molecule has 1 rings (SSSR count). The molecule has 88 valence electrons. The van der Waals surface area contributed by atoms with Crippen LogP contribution in [0.15, 0.2) is 30.3 Å². The van der Waals surface area contributed by atoms with Crippen molar-refractivity contribution in [2.75, 3.05) is 13.2 Å². The summed E-state index contributed by atoms with van der Waals surface area (Å²) in [6.07, 6.45) is 1.29. The van der Waals surface area contributed by atoms with Crippen LogP contribution in [0.2, 0.25) is 0 Å². The summed E-state index contributed by atoms with van der Waals surface area (Å²) in [6, 6.07) is 8.38. The number of esters is 1. The van der Waals surface area contributed by atoms with Gasteiger partial charge in [0.25, 0.3) is 0 Å². The number of ether oxygens (including phenoxy) is 1. The molecule has 0 bridgehead atoms.